The van der Waals surface area contributed by atoms with Crippen LogP contribution in [0.15, 0.2) is 72.8 Å². The molecule has 0 atom stereocenters. The number of anilines is 2. The molecule has 3 aromatic rings. The van der Waals surface area contributed by atoms with E-state index in [0.29, 0.717) is 17.8 Å². The Hall–Kier alpha value is -3.60. The van der Waals surface area contributed by atoms with Gasteiger partial charge in [-0.05, 0) is 42.2 Å². The Bertz CT molecular complexity index is 984. The van der Waals surface area contributed by atoms with E-state index < -0.39 is 11.9 Å². The topological polar surface area (TPSA) is 81.4 Å². The second-order valence-electron chi connectivity index (χ2n) is 6.48. The van der Waals surface area contributed by atoms with Crippen LogP contribution in [0.2, 0.25) is 0 Å². The van der Waals surface area contributed by atoms with E-state index in [-0.39, 0.29) is 12.2 Å². The second-order valence-corrected chi connectivity index (χ2v) is 6.48. The summed E-state index contributed by atoms with van der Waals surface area (Å²) in [5, 5.41) is 2.82. The van der Waals surface area contributed by atoms with Crippen molar-refractivity contribution >= 4 is 23.3 Å². The van der Waals surface area contributed by atoms with Gasteiger partial charge in [-0.2, -0.15) is 0 Å². The lowest BCUT2D eigenvalue weighted by Gasteiger charge is -2.12. The normalized spacial score (nSPS) is 10.3. The molecular weight excluding hydrogens is 352 g/mol. The van der Waals surface area contributed by atoms with E-state index in [9.17, 15) is 9.59 Å². The maximum Gasteiger partial charge on any atom is 0.340 e. The first-order valence-electron chi connectivity index (χ1n) is 8.98. The fourth-order valence-corrected chi connectivity index (χ4v) is 2.87. The summed E-state index contributed by atoms with van der Waals surface area (Å²) in [6.45, 7) is 1.42. The van der Waals surface area contributed by atoms with E-state index in [4.69, 9.17) is 10.5 Å². The Kier molecular flexibility index (Phi) is 6.07. The number of hydrogen-bond donors (Lipinski definition) is 2. The number of ether oxygens (including phenoxy) is 1. The predicted octanol–water partition coefficient (Wildman–Crippen LogP) is 3.96. The number of hydrogen-bond acceptors (Lipinski definition) is 4. The number of nitrogens with two attached hydrogens (primary N) is 1. The number of nitrogens with one attached hydrogen (secondary N) is 1. The smallest absolute Gasteiger partial charge is 0.340 e. The van der Waals surface area contributed by atoms with Gasteiger partial charge < -0.3 is 15.8 Å². The van der Waals surface area contributed by atoms with Crippen LogP contribution in [0, 0.1) is 6.92 Å². The quantitative estimate of drug-likeness (QED) is 0.505. The molecule has 0 spiro atoms. The van der Waals surface area contributed by atoms with Gasteiger partial charge in [0.15, 0.2) is 6.61 Å². The molecule has 5 heteroatoms. The van der Waals surface area contributed by atoms with E-state index in [1.807, 2.05) is 67.6 Å². The van der Waals surface area contributed by atoms with E-state index in [2.05, 4.69) is 5.32 Å². The fraction of sp³-hybridized carbons (Fsp3) is 0.130. The summed E-state index contributed by atoms with van der Waals surface area (Å²) in [5.74, 6) is -1.02. The van der Waals surface area contributed by atoms with Gasteiger partial charge >= 0.3 is 5.97 Å². The lowest BCUT2D eigenvalue weighted by atomic mass is 10.0. The van der Waals surface area contributed by atoms with Gasteiger partial charge in [0.1, 0.15) is 0 Å². The molecule has 3 N–H and O–H groups in total. The molecule has 0 aromatic heterocycles. The van der Waals surface area contributed by atoms with Crippen LogP contribution >= 0.6 is 0 Å². The van der Waals surface area contributed by atoms with Gasteiger partial charge in [0.25, 0.3) is 5.91 Å². The number of nitrogen functional groups attached to an aromatic ring is 1. The highest BCUT2D eigenvalue weighted by Crippen LogP contribution is 2.20. The van der Waals surface area contributed by atoms with Crippen LogP contribution in [-0.2, 0) is 16.0 Å². The first-order valence-corrected chi connectivity index (χ1v) is 8.98. The minimum atomic E-state index is -0.617. The molecule has 0 aliphatic carbocycles. The van der Waals surface area contributed by atoms with E-state index >= 15 is 0 Å². The molecule has 28 heavy (non-hydrogen) atoms. The highest BCUT2D eigenvalue weighted by Gasteiger charge is 2.15. The lowest BCUT2D eigenvalue weighted by molar-refractivity contribution is -0.119. The SMILES string of the molecule is Cc1cccc(C(=O)OCC(=O)Nc2ccccc2Cc2ccccc2)c1N. The average molecular weight is 374 g/mol. The second kappa shape index (κ2) is 8.86. The largest absolute Gasteiger partial charge is 0.452 e. The standard InChI is InChI=1S/C23H22N2O3/c1-16-8-7-12-19(22(16)24)23(27)28-15-21(26)25-20-13-6-5-11-18(20)14-17-9-3-2-4-10-17/h2-13H,14-15,24H2,1H3,(H,25,26). The minimum absolute atomic E-state index is 0.261. The van der Waals surface area contributed by atoms with Crippen LogP contribution in [0.1, 0.15) is 27.0 Å². The van der Waals surface area contributed by atoms with Gasteiger partial charge in [-0.25, -0.2) is 4.79 Å². The summed E-state index contributed by atoms with van der Waals surface area (Å²) in [6, 6.07) is 22.7. The molecule has 0 heterocycles. The van der Waals surface area contributed by atoms with Gasteiger partial charge in [0.05, 0.1) is 5.56 Å². The number of para-hydroxylation sites is 2. The zero-order chi connectivity index (χ0) is 19.9. The zero-order valence-corrected chi connectivity index (χ0v) is 15.6. The number of rotatable bonds is 6. The van der Waals surface area contributed by atoms with Crippen LogP contribution in [0.3, 0.4) is 0 Å². The van der Waals surface area contributed by atoms with Crippen molar-refractivity contribution in [3.05, 3.63) is 95.1 Å². The van der Waals surface area contributed by atoms with Crippen molar-refractivity contribution in [1.82, 2.24) is 0 Å². The van der Waals surface area contributed by atoms with Gasteiger partial charge in [-0.15, -0.1) is 0 Å². The maximum atomic E-state index is 12.3. The number of benzene rings is 3. The summed E-state index contributed by atoms with van der Waals surface area (Å²) in [7, 11) is 0. The summed E-state index contributed by atoms with van der Waals surface area (Å²) >= 11 is 0. The molecule has 0 unspecified atom stereocenters. The average Bonchev–Trinajstić information content (AvgIpc) is 2.70. The van der Waals surface area contributed by atoms with Crippen LogP contribution in [-0.4, -0.2) is 18.5 Å². The molecule has 142 valence electrons. The lowest BCUT2D eigenvalue weighted by Crippen LogP contribution is -2.22. The maximum absolute atomic E-state index is 12.3. The van der Waals surface area contributed by atoms with Crippen molar-refractivity contribution in [1.29, 1.82) is 0 Å². The molecule has 0 saturated heterocycles. The summed E-state index contributed by atoms with van der Waals surface area (Å²) in [5.41, 5.74) is 10.1. The Morgan fingerprint density at radius 1 is 0.929 bits per heavy atom. The van der Waals surface area contributed by atoms with Gasteiger partial charge in [-0.1, -0.05) is 60.7 Å². The predicted molar refractivity (Wildman–Crippen MR) is 110 cm³/mol. The summed E-state index contributed by atoms with van der Waals surface area (Å²) in [4.78, 5) is 24.5. The van der Waals surface area contributed by atoms with Crippen molar-refractivity contribution in [2.24, 2.45) is 0 Å². The van der Waals surface area contributed by atoms with Gasteiger partial charge in [0, 0.05) is 11.4 Å². The number of aryl methyl sites for hydroxylation is 1. The van der Waals surface area contributed by atoms with Gasteiger partial charge in [0.2, 0.25) is 0 Å². The molecule has 0 radical (unpaired) electrons. The van der Waals surface area contributed by atoms with Crippen molar-refractivity contribution < 1.29 is 14.3 Å². The van der Waals surface area contributed by atoms with Crippen molar-refractivity contribution in [2.75, 3.05) is 17.7 Å². The fourth-order valence-electron chi connectivity index (χ4n) is 2.87. The first-order chi connectivity index (χ1) is 13.5. The van der Waals surface area contributed by atoms with Crippen LogP contribution in [0.4, 0.5) is 11.4 Å². The molecule has 0 aliphatic rings. The van der Waals surface area contributed by atoms with E-state index in [1.54, 1.807) is 12.1 Å². The van der Waals surface area contributed by atoms with Crippen molar-refractivity contribution in [3.8, 4) is 0 Å². The third-order valence-electron chi connectivity index (χ3n) is 4.41. The molecule has 0 fully saturated rings. The summed E-state index contributed by atoms with van der Waals surface area (Å²) < 4.78 is 5.13. The van der Waals surface area contributed by atoms with Crippen molar-refractivity contribution in [3.63, 3.8) is 0 Å². The van der Waals surface area contributed by atoms with Gasteiger partial charge in [-0.3, -0.25) is 4.79 Å². The number of carbonyl (C=O) groups is 2. The number of carbonyl (C=O) groups excluding carboxylic acids is 2. The number of amides is 1. The summed E-state index contributed by atoms with van der Waals surface area (Å²) in [6.07, 6.45) is 0.691. The molecule has 3 rings (SSSR count). The molecular formula is C23H22N2O3. The van der Waals surface area contributed by atoms with E-state index in [0.717, 1.165) is 16.7 Å². The Balaban J connectivity index is 1.62. The van der Waals surface area contributed by atoms with Crippen LogP contribution in [0.25, 0.3) is 0 Å². The molecule has 0 saturated carbocycles. The third kappa shape index (κ3) is 4.76. The number of esters is 1. The molecule has 1 amide bonds. The Labute approximate surface area is 164 Å². The third-order valence-corrected chi connectivity index (χ3v) is 4.41. The first kappa shape index (κ1) is 19.2. The molecule has 5 nitrogen and oxygen atoms in total. The highest BCUT2D eigenvalue weighted by molar-refractivity contribution is 5.98. The van der Waals surface area contributed by atoms with E-state index in [1.165, 1.54) is 0 Å². The highest BCUT2D eigenvalue weighted by atomic mass is 16.5. The van der Waals surface area contributed by atoms with Crippen molar-refractivity contribution in [2.45, 2.75) is 13.3 Å². The van der Waals surface area contributed by atoms with Crippen LogP contribution in [0.5, 0.6) is 0 Å². The van der Waals surface area contributed by atoms with Crippen LogP contribution < -0.4 is 11.1 Å². The molecule has 3 aromatic carbocycles. The molecule has 0 aliphatic heterocycles. The monoisotopic (exact) mass is 374 g/mol. The zero-order valence-electron chi connectivity index (χ0n) is 15.6. The minimum Gasteiger partial charge on any atom is -0.452 e. The molecule has 0 bridgehead atoms. The Morgan fingerprint density at radius 2 is 1.64 bits per heavy atom. The Morgan fingerprint density at radius 3 is 2.43 bits per heavy atom.